The van der Waals surface area contributed by atoms with E-state index in [-0.39, 0.29) is 40.9 Å². The van der Waals surface area contributed by atoms with Crippen molar-refractivity contribution in [3.63, 3.8) is 0 Å². The van der Waals surface area contributed by atoms with E-state index >= 15 is 0 Å². The Kier molecular flexibility index (Phi) is 9.50. The third-order valence-corrected chi connectivity index (χ3v) is 7.60. The molecule has 22 heavy (non-hydrogen) atoms. The van der Waals surface area contributed by atoms with Crippen LogP contribution < -0.4 is 4.72 Å². The van der Waals surface area contributed by atoms with E-state index in [1.807, 2.05) is 21.6 Å². The van der Waals surface area contributed by atoms with Crippen molar-refractivity contribution >= 4 is 67.1 Å². The van der Waals surface area contributed by atoms with Crippen LogP contribution in [0.25, 0.3) is 0 Å². The van der Waals surface area contributed by atoms with Crippen molar-refractivity contribution in [2.75, 3.05) is 5.75 Å². The van der Waals surface area contributed by atoms with Gasteiger partial charge in [0.05, 0.1) is 4.90 Å². The van der Waals surface area contributed by atoms with Crippen molar-refractivity contribution in [2.24, 2.45) is 0 Å². The van der Waals surface area contributed by atoms with E-state index in [0.29, 0.717) is 5.25 Å². The van der Waals surface area contributed by atoms with Crippen molar-refractivity contribution < 1.29 is 13.2 Å². The number of hydrogen-bond donors (Lipinski definition) is 1. The molecule has 0 saturated carbocycles. The van der Waals surface area contributed by atoms with Gasteiger partial charge in [0, 0.05) is 47.0 Å². The van der Waals surface area contributed by atoms with Gasteiger partial charge in [-0.2, -0.15) is 0 Å². The molecule has 0 aliphatic carbocycles. The predicted molar refractivity (Wildman–Crippen MR) is 94.4 cm³/mol. The number of sulfonamides is 1. The summed E-state index contributed by atoms with van der Waals surface area (Å²) in [4.78, 5) is 11.9. The molecule has 1 heterocycles. The number of amides is 1. The van der Waals surface area contributed by atoms with E-state index in [1.54, 1.807) is 18.2 Å². The molecular weight excluding hydrogens is 349 g/mol. The van der Waals surface area contributed by atoms with Crippen LogP contribution in [0.5, 0.6) is 0 Å². The van der Waals surface area contributed by atoms with Crippen LogP contribution in [0.3, 0.4) is 0 Å². The molecule has 1 amide bonds. The summed E-state index contributed by atoms with van der Waals surface area (Å²) in [5.41, 5.74) is 0. The molecule has 117 valence electrons. The zero-order valence-electron chi connectivity index (χ0n) is 12.7. The predicted octanol–water partition coefficient (Wildman–Crippen LogP) is 2.82. The van der Waals surface area contributed by atoms with Crippen LogP contribution in [0.15, 0.2) is 35.2 Å². The first kappa shape index (κ1) is 20.4. The minimum Gasteiger partial charge on any atom is -0.274 e. The van der Waals surface area contributed by atoms with E-state index < -0.39 is 15.9 Å². The summed E-state index contributed by atoms with van der Waals surface area (Å²) in [6.07, 6.45) is 4.31. The van der Waals surface area contributed by atoms with Gasteiger partial charge >= 0.3 is 0 Å². The van der Waals surface area contributed by atoms with Crippen LogP contribution in [-0.2, 0) is 14.8 Å². The van der Waals surface area contributed by atoms with Crippen LogP contribution in [0.2, 0.25) is 0 Å². The number of benzene rings is 1. The maximum absolute atomic E-state index is 11.9. The number of hydrogen-bond acceptors (Lipinski definition) is 5. The number of nitrogens with one attached hydrogen (secondary N) is 1. The quantitative estimate of drug-likeness (QED) is 0.455. The van der Waals surface area contributed by atoms with Gasteiger partial charge in [0.25, 0.3) is 10.0 Å². The number of unbranched alkanes of at least 4 members (excludes halogenated alkanes) is 1. The Morgan fingerprint density at radius 2 is 1.95 bits per heavy atom. The molecule has 1 unspecified atom stereocenters. The zero-order valence-corrected chi connectivity index (χ0v) is 17.1. The van der Waals surface area contributed by atoms with E-state index in [2.05, 4.69) is 4.72 Å². The fourth-order valence-electron chi connectivity index (χ4n) is 2.08. The van der Waals surface area contributed by atoms with Gasteiger partial charge in [0.15, 0.2) is 0 Å². The first-order chi connectivity index (χ1) is 10.1. The Labute approximate surface area is 162 Å². The Morgan fingerprint density at radius 3 is 2.59 bits per heavy atom. The summed E-state index contributed by atoms with van der Waals surface area (Å²) < 4.78 is 26.0. The molecule has 0 spiro atoms. The Hall–Kier alpha value is 0.340. The minimum atomic E-state index is -3.72. The van der Waals surface area contributed by atoms with Crippen LogP contribution >= 0.6 is 21.6 Å². The molecule has 1 N–H and O–H groups in total. The van der Waals surface area contributed by atoms with Gasteiger partial charge in [-0.1, -0.05) is 46.2 Å². The molecule has 0 aromatic heterocycles. The molecule has 1 aliphatic heterocycles. The topological polar surface area (TPSA) is 63.2 Å². The molecule has 1 aromatic rings. The maximum atomic E-state index is 11.9. The smallest absolute Gasteiger partial charge is 0.264 e. The maximum Gasteiger partial charge on any atom is 0.264 e. The fourth-order valence-corrected chi connectivity index (χ4v) is 6.14. The van der Waals surface area contributed by atoms with E-state index in [4.69, 9.17) is 0 Å². The molecule has 0 bridgehead atoms. The van der Waals surface area contributed by atoms with Crippen molar-refractivity contribution in [3.8, 4) is 0 Å². The molecule has 1 atom stereocenters. The van der Waals surface area contributed by atoms with Crippen molar-refractivity contribution in [1.82, 2.24) is 4.72 Å². The van der Waals surface area contributed by atoms with Gasteiger partial charge in [-0.05, 0) is 31.4 Å². The number of carbonyl (C=O) groups is 1. The van der Waals surface area contributed by atoms with Crippen LogP contribution in [0, 0.1) is 0 Å². The van der Waals surface area contributed by atoms with Crippen LogP contribution in [-0.4, -0.2) is 54.9 Å². The molecule has 1 fully saturated rings. The second-order valence-corrected chi connectivity index (χ2v) is 9.39. The summed E-state index contributed by atoms with van der Waals surface area (Å²) >= 11 is 0. The summed E-state index contributed by atoms with van der Waals surface area (Å²) in [6, 6.07) is 7.96. The van der Waals surface area contributed by atoms with Gasteiger partial charge in [0.1, 0.15) is 0 Å². The normalized spacial score (nSPS) is 17.7. The van der Waals surface area contributed by atoms with Gasteiger partial charge in [-0.3, -0.25) is 4.79 Å². The van der Waals surface area contributed by atoms with E-state index in [9.17, 15) is 13.2 Å². The largest absolute Gasteiger partial charge is 0.274 e. The van der Waals surface area contributed by atoms with Gasteiger partial charge in [0.2, 0.25) is 5.91 Å². The second kappa shape index (κ2) is 10.3. The summed E-state index contributed by atoms with van der Waals surface area (Å²) in [5, 5.41) is 0.700. The minimum absolute atomic E-state index is 0. The Morgan fingerprint density at radius 1 is 1.23 bits per heavy atom. The Balaban J connectivity index is 0.00000242. The molecule has 1 radical (unpaired) electrons. The van der Waals surface area contributed by atoms with Gasteiger partial charge in [-0.15, -0.1) is 0 Å². The average molecular weight is 369 g/mol. The summed E-state index contributed by atoms with van der Waals surface area (Å²) in [7, 11) is 0.120. The molecule has 1 aliphatic rings. The monoisotopic (exact) mass is 368 g/mol. The summed E-state index contributed by atoms with van der Waals surface area (Å²) in [5.74, 6) is 0.790. The number of rotatable bonds is 7. The molecular formula is C14H19NNaO3S3. The van der Waals surface area contributed by atoms with Crippen molar-refractivity contribution in [1.29, 1.82) is 0 Å². The van der Waals surface area contributed by atoms with E-state index in [0.717, 1.165) is 19.3 Å². The van der Waals surface area contributed by atoms with Gasteiger partial charge < -0.3 is 0 Å². The molecule has 1 saturated heterocycles. The molecule has 8 heteroatoms. The van der Waals surface area contributed by atoms with Crippen LogP contribution in [0.1, 0.15) is 32.1 Å². The van der Waals surface area contributed by atoms with Gasteiger partial charge in [-0.25, -0.2) is 13.1 Å². The van der Waals surface area contributed by atoms with Crippen molar-refractivity contribution in [2.45, 2.75) is 42.2 Å². The second-order valence-electron chi connectivity index (χ2n) is 4.92. The van der Waals surface area contributed by atoms with Crippen LogP contribution in [0.4, 0.5) is 0 Å². The third kappa shape index (κ3) is 6.84. The Bertz CT molecular complexity index is 560. The SMILES string of the molecule is O=C(CCCCC1CCSS1)NS(=O)(=O)c1ccccc1.[Na]. The molecule has 4 nitrogen and oxygen atoms in total. The van der Waals surface area contributed by atoms with E-state index in [1.165, 1.54) is 24.3 Å². The first-order valence-corrected chi connectivity index (χ1v) is 10.8. The number of carbonyl (C=O) groups excluding carboxylic acids is 1. The van der Waals surface area contributed by atoms with Crippen molar-refractivity contribution in [3.05, 3.63) is 30.3 Å². The third-order valence-electron chi connectivity index (χ3n) is 3.21. The fraction of sp³-hybridized carbons (Fsp3) is 0.500. The molecule has 2 rings (SSSR count). The zero-order chi connectivity index (χ0) is 15.1. The standard InChI is InChI=1S/C14H19NO3S3.Na/c16-14(9-5-4-6-12-10-11-19-20-12)15-21(17,18)13-7-2-1-3-8-13;/h1-3,7-8,12H,4-6,9-11H2,(H,15,16);. The first-order valence-electron chi connectivity index (χ1n) is 6.97. The average Bonchev–Trinajstić information content (AvgIpc) is 2.97. The summed E-state index contributed by atoms with van der Waals surface area (Å²) in [6.45, 7) is 0. The molecule has 1 aromatic carbocycles.